The average molecular weight is 351 g/mol. The maximum Gasteiger partial charge on any atom is 0.312 e. The number of nitrogens with one attached hydrogen (secondary N) is 2. The van der Waals surface area contributed by atoms with Gasteiger partial charge in [-0.25, -0.2) is 4.79 Å². The van der Waals surface area contributed by atoms with Gasteiger partial charge in [-0.2, -0.15) is 0 Å². The van der Waals surface area contributed by atoms with Crippen LogP contribution in [0.4, 0.5) is 10.5 Å². The Bertz CT molecular complexity index is 574. The molecule has 0 aliphatic carbocycles. The molecule has 1 rings (SSSR count). The minimum absolute atomic E-state index is 0.219. The maximum atomic E-state index is 12.0. The highest BCUT2D eigenvalue weighted by atomic mass is 16.5. The third-order valence-corrected chi connectivity index (χ3v) is 3.39. The van der Waals surface area contributed by atoms with Gasteiger partial charge in [0.2, 0.25) is 0 Å². The summed E-state index contributed by atoms with van der Waals surface area (Å²) in [6.45, 7) is 2.00. The van der Waals surface area contributed by atoms with Crippen LogP contribution in [0, 0.1) is 0 Å². The first kappa shape index (κ1) is 20.3. The molecule has 0 heterocycles. The molecule has 0 spiro atoms. The van der Waals surface area contributed by atoms with Crippen molar-refractivity contribution in [3.05, 3.63) is 24.3 Å². The molecule has 1 aromatic carbocycles. The van der Waals surface area contributed by atoms with Gasteiger partial charge in [0.1, 0.15) is 5.75 Å². The number of rotatable bonds is 10. The number of hydrogen-bond acceptors (Lipinski definition) is 5. The second-order valence-electron chi connectivity index (χ2n) is 5.45. The van der Waals surface area contributed by atoms with Crippen molar-refractivity contribution in [3.8, 4) is 5.75 Å². The first-order valence-electron chi connectivity index (χ1n) is 8.10. The van der Waals surface area contributed by atoms with Gasteiger partial charge in [0, 0.05) is 18.7 Å². The number of nitrogens with two attached hydrogens (primary N) is 1. The van der Waals surface area contributed by atoms with E-state index >= 15 is 0 Å². The summed E-state index contributed by atoms with van der Waals surface area (Å²) in [5.74, 6) is -0.145. The molecule has 0 saturated heterocycles. The molecule has 8 nitrogen and oxygen atoms in total. The summed E-state index contributed by atoms with van der Waals surface area (Å²) in [7, 11) is 1.56. The van der Waals surface area contributed by atoms with E-state index in [4.69, 9.17) is 15.2 Å². The highest BCUT2D eigenvalue weighted by Crippen LogP contribution is 2.15. The lowest BCUT2D eigenvalue weighted by Gasteiger charge is -2.13. The number of amides is 3. The molecule has 138 valence electrons. The molecular formula is C17H25N3O5. The van der Waals surface area contributed by atoms with Gasteiger partial charge < -0.3 is 25.8 Å². The van der Waals surface area contributed by atoms with Crippen LogP contribution in [-0.2, 0) is 14.3 Å². The van der Waals surface area contributed by atoms with Gasteiger partial charge in [-0.3, -0.25) is 9.59 Å². The van der Waals surface area contributed by atoms with E-state index in [9.17, 15) is 14.4 Å². The Balaban J connectivity index is 2.24. The van der Waals surface area contributed by atoms with E-state index in [0.717, 1.165) is 12.8 Å². The number of carbonyl (C=O) groups excluding carboxylic acids is 3. The van der Waals surface area contributed by atoms with Crippen LogP contribution >= 0.6 is 0 Å². The van der Waals surface area contributed by atoms with E-state index in [0.29, 0.717) is 24.4 Å². The van der Waals surface area contributed by atoms with Crippen LogP contribution in [0.25, 0.3) is 0 Å². The highest BCUT2D eigenvalue weighted by Gasteiger charge is 2.17. The molecule has 0 bridgehead atoms. The molecule has 0 fully saturated rings. The monoisotopic (exact) mass is 351 g/mol. The van der Waals surface area contributed by atoms with Gasteiger partial charge in [-0.1, -0.05) is 6.42 Å². The second kappa shape index (κ2) is 10.9. The van der Waals surface area contributed by atoms with Crippen LogP contribution in [0.15, 0.2) is 24.3 Å². The van der Waals surface area contributed by atoms with E-state index in [1.165, 1.54) is 6.92 Å². The Hall–Kier alpha value is -2.77. The molecule has 4 N–H and O–H groups in total. The number of esters is 1. The average Bonchev–Trinajstić information content (AvgIpc) is 2.58. The number of anilines is 1. The van der Waals surface area contributed by atoms with E-state index in [2.05, 4.69) is 10.6 Å². The summed E-state index contributed by atoms with van der Waals surface area (Å²) < 4.78 is 10.1. The summed E-state index contributed by atoms with van der Waals surface area (Å²) >= 11 is 0. The first-order chi connectivity index (χ1) is 11.9. The SMILES string of the molecule is COc1ccc(NC(=O)[C@H](C)OC(=O)CCCCCNC(N)=O)cc1. The molecule has 0 aromatic heterocycles. The zero-order valence-electron chi connectivity index (χ0n) is 14.5. The van der Waals surface area contributed by atoms with Crippen molar-refractivity contribution < 1.29 is 23.9 Å². The minimum Gasteiger partial charge on any atom is -0.497 e. The summed E-state index contributed by atoms with van der Waals surface area (Å²) in [5, 5.41) is 5.14. The van der Waals surface area contributed by atoms with Gasteiger partial charge in [-0.15, -0.1) is 0 Å². The van der Waals surface area contributed by atoms with Crippen molar-refractivity contribution in [1.82, 2.24) is 5.32 Å². The maximum absolute atomic E-state index is 12.0. The molecule has 3 amide bonds. The first-order valence-corrected chi connectivity index (χ1v) is 8.10. The predicted molar refractivity (Wildman–Crippen MR) is 93.2 cm³/mol. The quantitative estimate of drug-likeness (QED) is 0.438. The summed E-state index contributed by atoms with van der Waals surface area (Å²) in [6, 6.07) is 6.28. The number of hydrogen-bond donors (Lipinski definition) is 3. The van der Waals surface area contributed by atoms with Gasteiger partial charge >= 0.3 is 12.0 Å². The lowest BCUT2D eigenvalue weighted by atomic mass is 10.2. The Kier molecular flexibility index (Phi) is 8.84. The van der Waals surface area contributed by atoms with Crippen molar-refractivity contribution in [2.45, 2.75) is 38.7 Å². The second-order valence-corrected chi connectivity index (χ2v) is 5.45. The van der Waals surface area contributed by atoms with Gasteiger partial charge in [0.15, 0.2) is 6.10 Å². The predicted octanol–water partition coefficient (Wildman–Crippen LogP) is 1.79. The number of benzene rings is 1. The fourth-order valence-electron chi connectivity index (χ4n) is 2.01. The molecule has 0 saturated carbocycles. The van der Waals surface area contributed by atoms with Crippen LogP contribution in [0.3, 0.4) is 0 Å². The van der Waals surface area contributed by atoms with Crippen molar-refractivity contribution in [3.63, 3.8) is 0 Å². The lowest BCUT2D eigenvalue weighted by molar-refractivity contribution is -0.153. The van der Waals surface area contributed by atoms with Crippen LogP contribution in [0.2, 0.25) is 0 Å². The summed E-state index contributed by atoms with van der Waals surface area (Å²) in [6.07, 6.45) is 1.43. The third-order valence-electron chi connectivity index (χ3n) is 3.39. The van der Waals surface area contributed by atoms with Crippen molar-refractivity contribution in [2.24, 2.45) is 5.73 Å². The van der Waals surface area contributed by atoms with Crippen LogP contribution in [0.1, 0.15) is 32.6 Å². The molecule has 1 atom stereocenters. The molecule has 8 heteroatoms. The summed E-state index contributed by atoms with van der Waals surface area (Å²) in [4.78, 5) is 34.2. The van der Waals surface area contributed by atoms with E-state index in [1.807, 2.05) is 0 Å². The van der Waals surface area contributed by atoms with E-state index < -0.39 is 24.0 Å². The van der Waals surface area contributed by atoms with Crippen molar-refractivity contribution in [2.75, 3.05) is 19.0 Å². The molecule has 0 aliphatic rings. The largest absolute Gasteiger partial charge is 0.497 e. The molecule has 1 aromatic rings. The fraction of sp³-hybridized carbons (Fsp3) is 0.471. The van der Waals surface area contributed by atoms with Crippen LogP contribution in [0.5, 0.6) is 5.75 Å². The number of urea groups is 1. The van der Waals surface area contributed by atoms with Gasteiger partial charge in [0.25, 0.3) is 5.91 Å². The van der Waals surface area contributed by atoms with Gasteiger partial charge in [-0.05, 0) is 44.0 Å². The zero-order valence-corrected chi connectivity index (χ0v) is 14.5. The highest BCUT2D eigenvalue weighted by molar-refractivity contribution is 5.95. The Labute approximate surface area is 147 Å². The molecule has 25 heavy (non-hydrogen) atoms. The fourth-order valence-corrected chi connectivity index (χ4v) is 2.01. The number of ether oxygens (including phenoxy) is 2. The lowest BCUT2D eigenvalue weighted by Crippen LogP contribution is -2.30. The third kappa shape index (κ3) is 8.59. The van der Waals surface area contributed by atoms with Gasteiger partial charge in [0.05, 0.1) is 7.11 Å². The Morgan fingerprint density at radius 2 is 1.80 bits per heavy atom. The van der Waals surface area contributed by atoms with Crippen LogP contribution in [-0.4, -0.2) is 37.7 Å². The smallest absolute Gasteiger partial charge is 0.312 e. The Morgan fingerprint density at radius 1 is 1.12 bits per heavy atom. The molecular weight excluding hydrogens is 326 g/mol. The zero-order chi connectivity index (χ0) is 18.7. The van der Waals surface area contributed by atoms with Crippen molar-refractivity contribution >= 4 is 23.6 Å². The normalized spacial score (nSPS) is 11.3. The summed E-state index contributed by atoms with van der Waals surface area (Å²) in [5.41, 5.74) is 5.53. The Morgan fingerprint density at radius 3 is 2.40 bits per heavy atom. The number of carbonyl (C=O) groups is 3. The standard InChI is InChI=1S/C17H25N3O5/c1-12(16(22)20-13-7-9-14(24-2)10-8-13)25-15(21)6-4-3-5-11-19-17(18)23/h7-10,12H,3-6,11H2,1-2H3,(H,20,22)(H3,18,19,23)/t12-/m0/s1. The molecule has 0 radical (unpaired) electrons. The van der Waals surface area contributed by atoms with E-state index in [1.54, 1.807) is 31.4 Å². The molecule has 0 aliphatic heterocycles. The molecule has 0 unspecified atom stereocenters. The topological polar surface area (TPSA) is 120 Å². The van der Waals surface area contributed by atoms with Crippen LogP contribution < -0.4 is 21.1 Å². The number of unbranched alkanes of at least 4 members (excludes halogenated alkanes) is 2. The minimum atomic E-state index is -0.883. The van der Waals surface area contributed by atoms with Crippen molar-refractivity contribution in [1.29, 1.82) is 0 Å². The number of primary amides is 1. The number of methoxy groups -OCH3 is 1. The van der Waals surface area contributed by atoms with E-state index in [-0.39, 0.29) is 6.42 Å².